The Labute approximate surface area is 160 Å². The lowest BCUT2D eigenvalue weighted by Crippen LogP contribution is -2.54. The maximum Gasteiger partial charge on any atom is 0.317 e. The Bertz CT molecular complexity index is 642. The Morgan fingerprint density at radius 1 is 1.33 bits per heavy atom. The fraction of sp³-hybridized carbons (Fsp3) is 0.650. The molecule has 2 saturated heterocycles. The van der Waals surface area contributed by atoms with Crippen LogP contribution in [0.2, 0.25) is 0 Å². The summed E-state index contributed by atoms with van der Waals surface area (Å²) in [6, 6.07) is 5.49. The maximum atomic E-state index is 12.2. The number of carbonyl (C=O) groups excluding carboxylic acids is 2. The molecule has 7 nitrogen and oxygen atoms in total. The number of urea groups is 1. The summed E-state index contributed by atoms with van der Waals surface area (Å²) in [5.74, 6) is 0.263. The van der Waals surface area contributed by atoms with Gasteiger partial charge in [0.05, 0.1) is 5.60 Å². The lowest BCUT2D eigenvalue weighted by Gasteiger charge is -2.46. The van der Waals surface area contributed by atoms with Crippen molar-refractivity contribution in [1.29, 1.82) is 0 Å². The first-order valence-electron chi connectivity index (χ1n) is 9.86. The van der Waals surface area contributed by atoms with E-state index in [1.165, 1.54) is 0 Å². The lowest BCUT2D eigenvalue weighted by molar-refractivity contribution is -0.122. The van der Waals surface area contributed by atoms with Crippen LogP contribution in [-0.2, 0) is 4.74 Å². The first kappa shape index (κ1) is 19.6. The van der Waals surface area contributed by atoms with Gasteiger partial charge in [-0.1, -0.05) is 6.07 Å². The highest BCUT2D eigenvalue weighted by Crippen LogP contribution is 2.37. The Morgan fingerprint density at radius 3 is 2.78 bits per heavy atom. The predicted octanol–water partition coefficient (Wildman–Crippen LogP) is 2.19. The Balaban J connectivity index is 1.48. The zero-order valence-corrected chi connectivity index (χ0v) is 16.2. The van der Waals surface area contributed by atoms with Gasteiger partial charge in [0.1, 0.15) is 5.69 Å². The normalized spacial score (nSPS) is 21.9. The minimum absolute atomic E-state index is 0.00911. The van der Waals surface area contributed by atoms with Gasteiger partial charge >= 0.3 is 6.03 Å². The van der Waals surface area contributed by atoms with E-state index in [2.05, 4.69) is 15.6 Å². The highest BCUT2D eigenvalue weighted by molar-refractivity contribution is 5.92. The van der Waals surface area contributed by atoms with Crippen LogP contribution in [0.15, 0.2) is 24.4 Å². The maximum absolute atomic E-state index is 12.2. The van der Waals surface area contributed by atoms with Gasteiger partial charge in [-0.15, -0.1) is 0 Å². The molecule has 1 atom stereocenters. The topological polar surface area (TPSA) is 83.6 Å². The second kappa shape index (κ2) is 8.69. The second-order valence-electron chi connectivity index (χ2n) is 7.91. The van der Waals surface area contributed by atoms with Crippen LogP contribution in [-0.4, -0.2) is 59.7 Å². The molecular formula is C20H30N4O3. The molecule has 0 bridgehead atoms. The van der Waals surface area contributed by atoms with Gasteiger partial charge < -0.3 is 20.3 Å². The molecular weight excluding hydrogens is 344 g/mol. The number of carbonyl (C=O) groups is 2. The molecule has 0 aliphatic carbocycles. The van der Waals surface area contributed by atoms with Gasteiger partial charge in [0.2, 0.25) is 0 Å². The highest BCUT2D eigenvalue weighted by atomic mass is 16.5. The molecule has 0 radical (unpaired) electrons. The van der Waals surface area contributed by atoms with Crippen LogP contribution in [0.1, 0.15) is 50.0 Å². The Morgan fingerprint density at radius 2 is 2.11 bits per heavy atom. The summed E-state index contributed by atoms with van der Waals surface area (Å²) in [6.07, 6.45) is 5.20. The number of nitrogens with zero attached hydrogens (tertiary/aromatic N) is 2. The fourth-order valence-corrected chi connectivity index (χ4v) is 3.93. The third-order valence-electron chi connectivity index (χ3n) is 5.42. The third kappa shape index (κ3) is 5.19. The van der Waals surface area contributed by atoms with Gasteiger partial charge in [-0.3, -0.25) is 9.78 Å². The van der Waals surface area contributed by atoms with Crippen molar-refractivity contribution in [3.8, 4) is 0 Å². The van der Waals surface area contributed by atoms with Crippen LogP contribution >= 0.6 is 0 Å². The number of rotatable bonds is 4. The summed E-state index contributed by atoms with van der Waals surface area (Å²) >= 11 is 0. The van der Waals surface area contributed by atoms with E-state index in [9.17, 15) is 9.59 Å². The standard InChI is InChI=1S/C20H30N4O3/c1-15(2)23-19(26)24-10-7-20(8-11-24)13-16(6-12-27-20)14-22-18(25)17-5-3-4-9-21-17/h3-5,9,15-16H,6-8,10-14H2,1-2H3,(H,22,25)(H,23,26). The average Bonchev–Trinajstić information content (AvgIpc) is 2.67. The number of amides is 3. The number of hydrogen-bond donors (Lipinski definition) is 2. The minimum atomic E-state index is -0.159. The predicted molar refractivity (Wildman–Crippen MR) is 102 cm³/mol. The van der Waals surface area contributed by atoms with Gasteiger partial charge in [0.15, 0.2) is 0 Å². The summed E-state index contributed by atoms with van der Waals surface area (Å²) in [5.41, 5.74) is 0.288. The van der Waals surface area contributed by atoms with Crippen molar-refractivity contribution in [2.75, 3.05) is 26.2 Å². The molecule has 7 heteroatoms. The quantitative estimate of drug-likeness (QED) is 0.846. The lowest BCUT2D eigenvalue weighted by atomic mass is 9.79. The van der Waals surface area contributed by atoms with E-state index in [1.54, 1.807) is 18.3 Å². The summed E-state index contributed by atoms with van der Waals surface area (Å²) in [5, 5.41) is 5.96. The van der Waals surface area contributed by atoms with E-state index < -0.39 is 0 Å². The zero-order chi connectivity index (χ0) is 19.3. The van der Waals surface area contributed by atoms with Crippen molar-refractivity contribution in [3.63, 3.8) is 0 Å². The van der Waals surface area contributed by atoms with Crippen LogP contribution in [0.3, 0.4) is 0 Å². The molecule has 27 heavy (non-hydrogen) atoms. The number of piperidine rings is 1. The molecule has 1 unspecified atom stereocenters. The third-order valence-corrected chi connectivity index (χ3v) is 5.42. The SMILES string of the molecule is CC(C)NC(=O)N1CCC2(CC1)CC(CNC(=O)c1ccccn1)CCO2. The molecule has 2 aliphatic heterocycles. The molecule has 3 heterocycles. The molecule has 3 rings (SSSR count). The second-order valence-corrected chi connectivity index (χ2v) is 7.91. The van der Waals surface area contributed by atoms with Crippen molar-refractivity contribution in [3.05, 3.63) is 30.1 Å². The molecule has 3 amide bonds. The number of nitrogens with one attached hydrogen (secondary N) is 2. The van der Waals surface area contributed by atoms with E-state index in [1.807, 2.05) is 24.8 Å². The summed E-state index contributed by atoms with van der Waals surface area (Å²) < 4.78 is 6.15. The van der Waals surface area contributed by atoms with E-state index >= 15 is 0 Å². The number of likely N-dealkylation sites (tertiary alicyclic amines) is 1. The summed E-state index contributed by atoms with van der Waals surface area (Å²) in [4.78, 5) is 30.3. The van der Waals surface area contributed by atoms with Gasteiger partial charge in [-0.2, -0.15) is 0 Å². The number of ether oxygens (including phenoxy) is 1. The molecule has 0 aromatic carbocycles. The van der Waals surface area contributed by atoms with E-state index in [-0.39, 0.29) is 23.6 Å². The molecule has 2 N–H and O–H groups in total. The Hall–Kier alpha value is -2.15. The number of aromatic nitrogens is 1. The molecule has 0 saturated carbocycles. The molecule has 1 spiro atoms. The average molecular weight is 374 g/mol. The molecule has 1 aromatic heterocycles. The van der Waals surface area contributed by atoms with E-state index in [0.29, 0.717) is 37.9 Å². The van der Waals surface area contributed by atoms with Gasteiger partial charge in [0, 0.05) is 38.5 Å². The summed E-state index contributed by atoms with van der Waals surface area (Å²) in [6.45, 7) is 6.71. The summed E-state index contributed by atoms with van der Waals surface area (Å²) in [7, 11) is 0. The zero-order valence-electron chi connectivity index (χ0n) is 16.2. The van der Waals surface area contributed by atoms with Crippen LogP contribution in [0.5, 0.6) is 0 Å². The van der Waals surface area contributed by atoms with E-state index in [4.69, 9.17) is 4.74 Å². The molecule has 1 aromatic rings. The molecule has 2 aliphatic rings. The van der Waals surface area contributed by atoms with Crippen molar-refractivity contribution < 1.29 is 14.3 Å². The van der Waals surface area contributed by atoms with Gasteiger partial charge in [-0.05, 0) is 57.6 Å². The largest absolute Gasteiger partial charge is 0.375 e. The monoisotopic (exact) mass is 374 g/mol. The van der Waals surface area contributed by atoms with Crippen molar-refractivity contribution >= 4 is 11.9 Å². The smallest absolute Gasteiger partial charge is 0.317 e. The van der Waals surface area contributed by atoms with E-state index in [0.717, 1.165) is 25.7 Å². The van der Waals surface area contributed by atoms with Crippen LogP contribution in [0, 0.1) is 5.92 Å². The minimum Gasteiger partial charge on any atom is -0.375 e. The van der Waals surface area contributed by atoms with Gasteiger partial charge in [0.25, 0.3) is 5.91 Å². The Kier molecular flexibility index (Phi) is 6.31. The number of pyridine rings is 1. The fourth-order valence-electron chi connectivity index (χ4n) is 3.93. The molecule has 2 fully saturated rings. The van der Waals surface area contributed by atoms with Crippen molar-refractivity contribution in [2.45, 2.75) is 51.2 Å². The van der Waals surface area contributed by atoms with Crippen molar-refractivity contribution in [1.82, 2.24) is 20.5 Å². The number of hydrogen-bond acceptors (Lipinski definition) is 4. The first-order chi connectivity index (χ1) is 13.0. The van der Waals surface area contributed by atoms with Crippen LogP contribution < -0.4 is 10.6 Å². The van der Waals surface area contributed by atoms with Crippen molar-refractivity contribution in [2.24, 2.45) is 5.92 Å². The first-order valence-corrected chi connectivity index (χ1v) is 9.86. The highest BCUT2D eigenvalue weighted by Gasteiger charge is 2.41. The van der Waals surface area contributed by atoms with Gasteiger partial charge in [-0.25, -0.2) is 4.79 Å². The van der Waals surface area contributed by atoms with Crippen LogP contribution in [0.4, 0.5) is 4.79 Å². The molecule has 148 valence electrons. The van der Waals surface area contributed by atoms with Crippen LogP contribution in [0.25, 0.3) is 0 Å².